The Balaban J connectivity index is 1.58. The molecule has 0 heterocycles. The zero-order chi connectivity index (χ0) is 23.8. The largest absolute Gasteiger partial charge is 0.480 e. The number of nitrogens with one attached hydrogen (secondary N) is 2. The molecule has 0 radical (unpaired) electrons. The van der Waals surface area contributed by atoms with Gasteiger partial charge in [-0.15, -0.1) is 0 Å². The molecule has 1 aliphatic rings. The van der Waals surface area contributed by atoms with Crippen LogP contribution in [0.5, 0.6) is 0 Å². The minimum atomic E-state index is -1.21. The second kappa shape index (κ2) is 11.5. The van der Waals surface area contributed by atoms with Crippen LogP contribution in [0.15, 0.2) is 48.5 Å². The summed E-state index contributed by atoms with van der Waals surface area (Å²) in [5, 5.41) is 23.2. The highest BCUT2D eigenvalue weighted by molar-refractivity contribution is 5.84. The number of aliphatic hydroxyl groups excluding tert-OH is 1. The van der Waals surface area contributed by atoms with Crippen molar-refractivity contribution < 1.29 is 29.3 Å². The lowest BCUT2D eigenvalue weighted by Gasteiger charge is -2.20. The Kier molecular flexibility index (Phi) is 8.43. The van der Waals surface area contributed by atoms with Crippen LogP contribution in [-0.4, -0.2) is 53.5 Å². The minimum Gasteiger partial charge on any atom is -0.480 e. The van der Waals surface area contributed by atoms with E-state index in [1.807, 2.05) is 43.3 Å². The number of carbonyl (C=O) groups is 3. The maximum atomic E-state index is 12.5. The summed E-state index contributed by atoms with van der Waals surface area (Å²) in [6, 6.07) is 14.4. The molecule has 0 aliphatic heterocycles. The number of fused-ring (bicyclic) bond motifs is 3. The quantitative estimate of drug-likeness (QED) is 0.414. The van der Waals surface area contributed by atoms with E-state index in [4.69, 9.17) is 14.9 Å². The van der Waals surface area contributed by atoms with Crippen LogP contribution in [0, 0.1) is 0 Å². The van der Waals surface area contributed by atoms with Gasteiger partial charge in [-0.2, -0.15) is 0 Å². The standard InChI is InChI=1S/C25H30N2O6/c1-2-7-16(14-23(29)27-22(12-13-28)24(30)31)26-25(32)33-15-21-19-10-5-3-8-17(19)18-9-4-6-11-20(18)21/h3-6,8-11,16,21-22,28H,2,7,12-15H2,1H3,(H,26,32)(H,27,29)(H,30,31)/t16-,22?/m1/s1. The molecule has 1 unspecified atom stereocenters. The van der Waals surface area contributed by atoms with Gasteiger partial charge in [-0.25, -0.2) is 9.59 Å². The number of hydrogen-bond acceptors (Lipinski definition) is 5. The predicted octanol–water partition coefficient (Wildman–Crippen LogP) is 3.04. The van der Waals surface area contributed by atoms with Crippen molar-refractivity contribution in [1.82, 2.24) is 10.6 Å². The summed E-state index contributed by atoms with van der Waals surface area (Å²) in [5.41, 5.74) is 4.50. The Hall–Kier alpha value is -3.39. The molecule has 0 saturated heterocycles. The molecule has 0 fully saturated rings. The van der Waals surface area contributed by atoms with Crippen molar-refractivity contribution in [2.24, 2.45) is 0 Å². The first kappa shape index (κ1) is 24.3. The second-order valence-corrected chi connectivity index (χ2v) is 8.13. The molecular weight excluding hydrogens is 424 g/mol. The molecule has 8 nitrogen and oxygen atoms in total. The number of hydrogen-bond donors (Lipinski definition) is 4. The highest BCUT2D eigenvalue weighted by Crippen LogP contribution is 2.44. The molecule has 33 heavy (non-hydrogen) atoms. The number of aliphatic hydroxyl groups is 1. The van der Waals surface area contributed by atoms with E-state index in [1.165, 1.54) is 0 Å². The fourth-order valence-corrected chi connectivity index (χ4v) is 4.24. The number of aliphatic carboxylic acids is 1. The Morgan fingerprint density at radius 3 is 2.12 bits per heavy atom. The third-order valence-corrected chi connectivity index (χ3v) is 5.79. The van der Waals surface area contributed by atoms with Crippen LogP contribution in [-0.2, 0) is 14.3 Å². The summed E-state index contributed by atoms with van der Waals surface area (Å²) < 4.78 is 5.55. The van der Waals surface area contributed by atoms with Crippen LogP contribution >= 0.6 is 0 Å². The molecule has 0 saturated carbocycles. The minimum absolute atomic E-state index is 0.0640. The fraction of sp³-hybridized carbons (Fsp3) is 0.400. The highest BCUT2D eigenvalue weighted by Gasteiger charge is 2.29. The van der Waals surface area contributed by atoms with Gasteiger partial charge in [0.1, 0.15) is 12.6 Å². The van der Waals surface area contributed by atoms with E-state index < -0.39 is 30.1 Å². The Bertz CT molecular complexity index is 947. The fourth-order valence-electron chi connectivity index (χ4n) is 4.24. The molecule has 176 valence electrons. The molecule has 2 atom stereocenters. The number of benzene rings is 2. The lowest BCUT2D eigenvalue weighted by molar-refractivity contribution is -0.142. The smallest absolute Gasteiger partial charge is 0.407 e. The topological polar surface area (TPSA) is 125 Å². The van der Waals surface area contributed by atoms with Crippen LogP contribution in [0.3, 0.4) is 0 Å². The zero-order valence-electron chi connectivity index (χ0n) is 18.6. The molecular formula is C25H30N2O6. The molecule has 2 aromatic rings. The van der Waals surface area contributed by atoms with Gasteiger partial charge in [-0.1, -0.05) is 61.9 Å². The molecule has 2 amide bonds. The lowest BCUT2D eigenvalue weighted by Crippen LogP contribution is -2.45. The van der Waals surface area contributed by atoms with Crippen molar-refractivity contribution in [2.75, 3.05) is 13.2 Å². The van der Waals surface area contributed by atoms with E-state index in [-0.39, 0.29) is 32.0 Å². The SMILES string of the molecule is CCC[C@H](CC(=O)NC(CCO)C(=O)O)NC(=O)OCC1c2ccccc2-c2ccccc21. The van der Waals surface area contributed by atoms with Gasteiger partial charge >= 0.3 is 12.1 Å². The average molecular weight is 455 g/mol. The van der Waals surface area contributed by atoms with Gasteiger partial charge in [0.05, 0.1) is 0 Å². The number of alkyl carbamates (subject to hydrolysis) is 1. The molecule has 1 aliphatic carbocycles. The van der Waals surface area contributed by atoms with Gasteiger partial charge < -0.3 is 25.6 Å². The maximum Gasteiger partial charge on any atom is 0.407 e. The maximum absolute atomic E-state index is 12.5. The molecule has 0 spiro atoms. The summed E-state index contributed by atoms with van der Waals surface area (Å²) in [5.74, 6) is -1.78. The summed E-state index contributed by atoms with van der Waals surface area (Å²) in [6.45, 7) is 1.74. The summed E-state index contributed by atoms with van der Waals surface area (Å²) in [4.78, 5) is 36.0. The average Bonchev–Trinajstić information content (AvgIpc) is 3.11. The van der Waals surface area contributed by atoms with Crippen molar-refractivity contribution in [3.63, 3.8) is 0 Å². The van der Waals surface area contributed by atoms with Crippen molar-refractivity contribution in [1.29, 1.82) is 0 Å². The Morgan fingerprint density at radius 2 is 1.58 bits per heavy atom. The number of ether oxygens (including phenoxy) is 1. The lowest BCUT2D eigenvalue weighted by atomic mass is 9.98. The molecule has 3 rings (SSSR count). The predicted molar refractivity (Wildman–Crippen MR) is 123 cm³/mol. The van der Waals surface area contributed by atoms with Gasteiger partial charge in [0.2, 0.25) is 5.91 Å². The van der Waals surface area contributed by atoms with Crippen LogP contribution < -0.4 is 10.6 Å². The molecule has 2 aromatic carbocycles. The van der Waals surface area contributed by atoms with Gasteiger partial charge in [0.25, 0.3) is 0 Å². The van der Waals surface area contributed by atoms with Crippen LogP contribution in [0.2, 0.25) is 0 Å². The van der Waals surface area contributed by atoms with E-state index in [1.54, 1.807) is 0 Å². The van der Waals surface area contributed by atoms with Gasteiger partial charge in [-0.3, -0.25) is 4.79 Å². The normalized spacial score (nSPS) is 14.0. The molecule has 4 N–H and O–H groups in total. The first-order valence-corrected chi connectivity index (χ1v) is 11.2. The molecule has 0 aromatic heterocycles. The van der Waals surface area contributed by atoms with Crippen LogP contribution in [0.4, 0.5) is 4.79 Å². The third-order valence-electron chi connectivity index (χ3n) is 5.79. The van der Waals surface area contributed by atoms with Gasteiger partial charge in [-0.05, 0) is 28.7 Å². The van der Waals surface area contributed by atoms with Gasteiger partial charge in [0, 0.05) is 31.4 Å². The number of rotatable bonds is 11. The van der Waals surface area contributed by atoms with E-state index in [0.717, 1.165) is 28.7 Å². The van der Waals surface area contributed by atoms with E-state index >= 15 is 0 Å². The van der Waals surface area contributed by atoms with Crippen molar-refractivity contribution in [3.8, 4) is 11.1 Å². The third kappa shape index (κ3) is 6.10. The number of carbonyl (C=O) groups excluding carboxylic acids is 2. The van der Waals surface area contributed by atoms with E-state index in [0.29, 0.717) is 6.42 Å². The van der Waals surface area contributed by atoms with Gasteiger partial charge in [0.15, 0.2) is 0 Å². The number of amides is 2. The number of carboxylic acid groups (broad SMARTS) is 1. The highest BCUT2D eigenvalue weighted by atomic mass is 16.5. The van der Waals surface area contributed by atoms with Crippen molar-refractivity contribution in [2.45, 2.75) is 50.6 Å². The zero-order valence-corrected chi connectivity index (χ0v) is 18.6. The number of carboxylic acids is 1. The summed E-state index contributed by atoms with van der Waals surface area (Å²) in [7, 11) is 0. The molecule has 8 heteroatoms. The van der Waals surface area contributed by atoms with Crippen molar-refractivity contribution >= 4 is 18.0 Å². The van der Waals surface area contributed by atoms with E-state index in [2.05, 4.69) is 22.8 Å². The second-order valence-electron chi connectivity index (χ2n) is 8.13. The first-order chi connectivity index (χ1) is 15.9. The van der Waals surface area contributed by atoms with Crippen molar-refractivity contribution in [3.05, 3.63) is 59.7 Å². The summed E-state index contributed by atoms with van der Waals surface area (Å²) >= 11 is 0. The van der Waals surface area contributed by atoms with E-state index in [9.17, 15) is 14.4 Å². The Labute approximate surface area is 193 Å². The monoisotopic (exact) mass is 454 g/mol. The Morgan fingerprint density at radius 1 is 0.970 bits per heavy atom. The first-order valence-electron chi connectivity index (χ1n) is 11.2. The van der Waals surface area contributed by atoms with Crippen LogP contribution in [0.1, 0.15) is 49.7 Å². The summed E-state index contributed by atoms with van der Waals surface area (Å²) in [6.07, 6.45) is 0.482. The van der Waals surface area contributed by atoms with Crippen LogP contribution in [0.25, 0.3) is 11.1 Å². The molecule has 0 bridgehead atoms.